The number of amides is 1. The lowest BCUT2D eigenvalue weighted by Gasteiger charge is -2.72. The first-order chi connectivity index (χ1) is 22.0. The Balaban J connectivity index is 1.30. The molecule has 0 aromatic heterocycles. The molecule has 2 N–H and O–H groups in total. The summed E-state index contributed by atoms with van der Waals surface area (Å²) in [5, 5.41) is 12.5. The number of carbonyl (C=O) groups excluding carboxylic acids is 3. The first-order valence-electron chi connectivity index (χ1n) is 18.9. The zero-order valence-corrected chi connectivity index (χ0v) is 31.7. The van der Waals surface area contributed by atoms with Gasteiger partial charge in [-0.15, -0.1) is 0 Å². The Morgan fingerprint density at radius 3 is 2.08 bits per heavy atom. The molecule has 272 valence electrons. The molecule has 2 unspecified atom stereocenters. The molecule has 0 saturated heterocycles. The Morgan fingerprint density at radius 1 is 0.750 bits per heavy atom. The van der Waals surface area contributed by atoms with Crippen LogP contribution in [0.1, 0.15) is 153 Å². The number of rotatable bonds is 8. The summed E-state index contributed by atoms with van der Waals surface area (Å²) < 4.78 is 11.6. The second kappa shape index (κ2) is 12.3. The second-order valence-electron chi connectivity index (χ2n) is 19.8. The number of aliphatic carboxylic acids is 1. The van der Waals surface area contributed by atoms with Crippen LogP contribution in [0, 0.1) is 56.2 Å². The third-order valence-corrected chi connectivity index (χ3v) is 15.3. The lowest BCUT2D eigenvalue weighted by molar-refractivity contribution is -0.248. The van der Waals surface area contributed by atoms with Crippen molar-refractivity contribution >= 4 is 23.8 Å². The summed E-state index contributed by atoms with van der Waals surface area (Å²) in [4.78, 5) is 50.3. The molecule has 0 aromatic rings. The van der Waals surface area contributed by atoms with E-state index in [9.17, 15) is 24.3 Å². The number of ether oxygens (including phenoxy) is 2. The fourth-order valence-corrected chi connectivity index (χ4v) is 12.8. The van der Waals surface area contributed by atoms with Crippen molar-refractivity contribution in [2.75, 3.05) is 6.54 Å². The minimum Gasteiger partial charge on any atom is -0.481 e. The molecule has 5 fully saturated rings. The molecule has 0 aromatic carbocycles. The average molecular weight is 672 g/mol. The van der Waals surface area contributed by atoms with E-state index in [0.717, 1.165) is 44.9 Å². The van der Waals surface area contributed by atoms with E-state index in [2.05, 4.69) is 39.9 Å². The van der Waals surface area contributed by atoms with Gasteiger partial charge in [-0.1, -0.05) is 41.0 Å². The molecule has 5 saturated carbocycles. The summed E-state index contributed by atoms with van der Waals surface area (Å²) in [7, 11) is 0. The fraction of sp³-hybridized carbons (Fsp3) is 0.900. The maximum absolute atomic E-state index is 13.3. The SMILES string of the molecule is CC(C)(C)OC(=O)CNC(=O)C[C@]12CCC[C@@H]1[C@H]1CCC3[C@@]4(C)CC[C@H](OC(=O)CC(C)(C)C(=O)O)C(C)(C)C4CC[C@@]3(C)[C@]1(C)CC2. The van der Waals surface area contributed by atoms with Gasteiger partial charge >= 0.3 is 17.9 Å². The summed E-state index contributed by atoms with van der Waals surface area (Å²) in [5.74, 6) is 0.340. The third kappa shape index (κ3) is 6.22. The second-order valence-corrected chi connectivity index (χ2v) is 19.8. The van der Waals surface area contributed by atoms with Gasteiger partial charge in [-0.25, -0.2) is 0 Å². The van der Waals surface area contributed by atoms with Gasteiger partial charge < -0.3 is 19.9 Å². The number of carboxylic acid groups (broad SMARTS) is 1. The van der Waals surface area contributed by atoms with Crippen molar-refractivity contribution < 1.29 is 33.8 Å². The summed E-state index contributed by atoms with van der Waals surface area (Å²) in [6.07, 6.45) is 12.4. The zero-order valence-electron chi connectivity index (χ0n) is 31.7. The Bertz CT molecular complexity index is 1300. The lowest BCUT2D eigenvalue weighted by atomic mass is 9.32. The van der Waals surface area contributed by atoms with Gasteiger partial charge in [0.2, 0.25) is 5.91 Å². The monoisotopic (exact) mass is 671 g/mol. The standard InChI is InChI=1S/C40H65NO7/c1-34(2,3)48-32(44)24-41-30(42)22-40-17-11-12-26(40)25-13-14-28-37(8)18-16-29(47-31(43)23-35(4,5)33(45)46)36(6,7)27(37)15-19-39(28,10)38(25,9)20-21-40/h25-29H,11-24H2,1-10H3,(H,41,42)(H,45,46)/t25-,26-,27?,28?,29+,37+,38-,39-,40-/m1/s1. The normalized spacial score (nSPS) is 40.3. The largest absolute Gasteiger partial charge is 0.481 e. The van der Waals surface area contributed by atoms with Crippen molar-refractivity contribution in [3.8, 4) is 0 Å². The highest BCUT2D eigenvalue weighted by molar-refractivity contribution is 5.82. The zero-order chi connectivity index (χ0) is 35.7. The Hall–Kier alpha value is -2.12. The number of hydrogen-bond donors (Lipinski definition) is 2. The molecule has 0 heterocycles. The summed E-state index contributed by atoms with van der Waals surface area (Å²) in [6, 6.07) is 0. The van der Waals surface area contributed by atoms with Crippen LogP contribution in [0.3, 0.4) is 0 Å². The van der Waals surface area contributed by atoms with Crippen LogP contribution in [0.25, 0.3) is 0 Å². The predicted molar refractivity (Wildman–Crippen MR) is 185 cm³/mol. The number of carboxylic acids is 1. The summed E-state index contributed by atoms with van der Waals surface area (Å²) in [5.41, 5.74) is -1.37. The lowest BCUT2D eigenvalue weighted by Crippen LogP contribution is -2.66. The molecule has 5 aliphatic rings. The number of nitrogens with one attached hydrogen (secondary N) is 1. The topological polar surface area (TPSA) is 119 Å². The molecular formula is C40H65NO7. The van der Waals surface area contributed by atoms with E-state index in [1.165, 1.54) is 25.7 Å². The Labute approximate surface area is 289 Å². The predicted octanol–water partition coefficient (Wildman–Crippen LogP) is 8.10. The maximum Gasteiger partial charge on any atom is 0.325 e. The smallest absolute Gasteiger partial charge is 0.325 e. The van der Waals surface area contributed by atoms with Gasteiger partial charge in [0.15, 0.2) is 0 Å². The van der Waals surface area contributed by atoms with Crippen LogP contribution in [-0.2, 0) is 28.7 Å². The van der Waals surface area contributed by atoms with Gasteiger partial charge in [-0.05, 0) is 144 Å². The van der Waals surface area contributed by atoms with Crippen molar-refractivity contribution in [1.82, 2.24) is 5.32 Å². The molecule has 0 bridgehead atoms. The van der Waals surface area contributed by atoms with Crippen LogP contribution >= 0.6 is 0 Å². The summed E-state index contributed by atoms with van der Waals surface area (Å²) in [6.45, 7) is 20.9. The molecule has 8 nitrogen and oxygen atoms in total. The quantitative estimate of drug-likeness (QED) is 0.250. The van der Waals surface area contributed by atoms with Crippen LogP contribution in [0.5, 0.6) is 0 Å². The molecule has 0 spiro atoms. The average Bonchev–Trinajstić information content (AvgIpc) is 3.36. The number of carbonyl (C=O) groups is 4. The van der Waals surface area contributed by atoms with E-state index in [4.69, 9.17) is 9.47 Å². The highest BCUT2D eigenvalue weighted by Crippen LogP contribution is 2.77. The van der Waals surface area contributed by atoms with Crippen LogP contribution < -0.4 is 5.32 Å². The maximum atomic E-state index is 13.3. The fourth-order valence-electron chi connectivity index (χ4n) is 12.8. The van der Waals surface area contributed by atoms with Crippen LogP contribution in [0.2, 0.25) is 0 Å². The van der Waals surface area contributed by atoms with Crippen molar-refractivity contribution in [3.05, 3.63) is 0 Å². The van der Waals surface area contributed by atoms with Gasteiger partial charge in [0, 0.05) is 11.8 Å². The van der Waals surface area contributed by atoms with Crippen molar-refractivity contribution in [2.24, 2.45) is 56.2 Å². The molecule has 9 atom stereocenters. The molecular weight excluding hydrogens is 606 g/mol. The third-order valence-electron chi connectivity index (χ3n) is 15.3. The highest BCUT2D eigenvalue weighted by Gasteiger charge is 2.70. The molecule has 0 radical (unpaired) electrons. The first kappa shape index (κ1) is 37.1. The van der Waals surface area contributed by atoms with Crippen LogP contribution in [0.4, 0.5) is 0 Å². The Morgan fingerprint density at radius 2 is 1.44 bits per heavy atom. The van der Waals surface area contributed by atoms with Gasteiger partial charge in [0.05, 0.1) is 11.8 Å². The minimum absolute atomic E-state index is 0.0181. The molecule has 48 heavy (non-hydrogen) atoms. The van der Waals surface area contributed by atoms with Crippen molar-refractivity contribution in [3.63, 3.8) is 0 Å². The van der Waals surface area contributed by atoms with E-state index >= 15 is 0 Å². The molecule has 1 amide bonds. The van der Waals surface area contributed by atoms with E-state index in [1.807, 2.05) is 20.8 Å². The van der Waals surface area contributed by atoms with Gasteiger partial charge in [-0.3, -0.25) is 19.2 Å². The number of hydrogen-bond acceptors (Lipinski definition) is 6. The molecule has 8 heteroatoms. The van der Waals surface area contributed by atoms with Gasteiger partial charge in [-0.2, -0.15) is 0 Å². The van der Waals surface area contributed by atoms with Gasteiger partial charge in [0.25, 0.3) is 0 Å². The van der Waals surface area contributed by atoms with E-state index < -0.39 is 23.0 Å². The van der Waals surface area contributed by atoms with E-state index in [-0.39, 0.29) is 58.0 Å². The number of esters is 2. The van der Waals surface area contributed by atoms with Crippen molar-refractivity contribution in [2.45, 2.75) is 164 Å². The highest BCUT2D eigenvalue weighted by atomic mass is 16.6. The van der Waals surface area contributed by atoms with Crippen LogP contribution in [-0.4, -0.2) is 47.2 Å². The number of fused-ring (bicyclic) bond motifs is 7. The summed E-state index contributed by atoms with van der Waals surface area (Å²) >= 11 is 0. The van der Waals surface area contributed by atoms with E-state index in [0.29, 0.717) is 30.1 Å². The molecule has 5 rings (SSSR count). The van der Waals surface area contributed by atoms with Gasteiger partial charge in [0.1, 0.15) is 18.2 Å². The first-order valence-corrected chi connectivity index (χ1v) is 18.9. The Kier molecular flexibility index (Phi) is 9.50. The molecule has 0 aliphatic heterocycles. The van der Waals surface area contributed by atoms with Crippen molar-refractivity contribution in [1.29, 1.82) is 0 Å². The minimum atomic E-state index is -1.15. The van der Waals surface area contributed by atoms with E-state index in [1.54, 1.807) is 13.8 Å². The van der Waals surface area contributed by atoms with Crippen LogP contribution in [0.15, 0.2) is 0 Å². The molecule has 5 aliphatic carbocycles.